The molecule has 0 amide bonds. The van der Waals surface area contributed by atoms with Crippen LogP contribution in [0.25, 0.3) is 10.8 Å². The number of fused-ring (bicyclic) bond motifs is 1. The molecule has 2 N–H and O–H groups in total. The van der Waals surface area contributed by atoms with Gasteiger partial charge in [0.2, 0.25) is 10.0 Å². The quantitative estimate of drug-likeness (QED) is 0.735. The Labute approximate surface area is 146 Å². The van der Waals surface area contributed by atoms with E-state index in [2.05, 4.69) is 4.72 Å². The van der Waals surface area contributed by atoms with Crippen molar-refractivity contribution in [3.05, 3.63) is 77.6 Å². The van der Waals surface area contributed by atoms with Gasteiger partial charge in [0.05, 0.1) is 11.0 Å². The molecule has 3 rings (SSSR count). The number of halogens is 1. The van der Waals surface area contributed by atoms with Crippen molar-refractivity contribution in [3.8, 4) is 0 Å². The first-order chi connectivity index (χ1) is 11.9. The van der Waals surface area contributed by atoms with Gasteiger partial charge >= 0.3 is 0 Å². The number of rotatable bonds is 5. The summed E-state index contributed by atoms with van der Waals surface area (Å²) in [6, 6.07) is 16.6. The highest BCUT2D eigenvalue weighted by atomic mass is 32.2. The number of nitrogens with one attached hydrogen (secondary N) is 1. The van der Waals surface area contributed by atoms with Crippen molar-refractivity contribution in [3.63, 3.8) is 0 Å². The lowest BCUT2D eigenvalue weighted by Gasteiger charge is -2.15. The first kappa shape index (κ1) is 17.5. The van der Waals surface area contributed by atoms with Gasteiger partial charge < -0.3 is 5.11 Å². The summed E-state index contributed by atoms with van der Waals surface area (Å²) >= 11 is 0. The van der Waals surface area contributed by atoms with E-state index in [0.29, 0.717) is 11.1 Å². The lowest BCUT2D eigenvalue weighted by molar-refractivity contribution is 0.183. The molecule has 0 spiro atoms. The molecule has 130 valence electrons. The molecule has 0 saturated carbocycles. The molecule has 0 radical (unpaired) electrons. The van der Waals surface area contributed by atoms with Crippen LogP contribution < -0.4 is 4.72 Å². The third-order valence-corrected chi connectivity index (χ3v) is 5.66. The first-order valence-corrected chi connectivity index (χ1v) is 9.28. The minimum Gasteiger partial charge on any atom is -0.387 e. The van der Waals surface area contributed by atoms with Gasteiger partial charge in [-0.2, -0.15) is 0 Å². The van der Waals surface area contributed by atoms with E-state index in [1.807, 2.05) is 36.4 Å². The zero-order valence-corrected chi connectivity index (χ0v) is 14.4. The fourth-order valence-electron chi connectivity index (χ4n) is 2.83. The predicted octanol–water partition coefficient (Wildman–Crippen LogP) is 3.30. The van der Waals surface area contributed by atoms with Gasteiger partial charge in [-0.25, -0.2) is 17.5 Å². The fourth-order valence-corrected chi connectivity index (χ4v) is 4.09. The maximum Gasteiger partial charge on any atom is 0.240 e. The smallest absolute Gasteiger partial charge is 0.240 e. The van der Waals surface area contributed by atoms with Gasteiger partial charge in [0, 0.05) is 6.54 Å². The molecule has 4 nitrogen and oxygen atoms in total. The van der Waals surface area contributed by atoms with Crippen molar-refractivity contribution in [1.29, 1.82) is 0 Å². The number of aliphatic hydroxyl groups excluding tert-OH is 1. The monoisotopic (exact) mass is 359 g/mol. The van der Waals surface area contributed by atoms with E-state index in [1.165, 1.54) is 13.0 Å². The topological polar surface area (TPSA) is 66.4 Å². The van der Waals surface area contributed by atoms with E-state index in [-0.39, 0.29) is 11.4 Å². The minimum absolute atomic E-state index is 0.000908. The maximum absolute atomic E-state index is 13.2. The van der Waals surface area contributed by atoms with E-state index < -0.39 is 21.9 Å². The highest BCUT2D eigenvalue weighted by molar-refractivity contribution is 7.89. The average Bonchev–Trinajstić information content (AvgIpc) is 2.59. The van der Waals surface area contributed by atoms with Crippen LogP contribution in [0.5, 0.6) is 0 Å². The molecule has 0 aliphatic heterocycles. The van der Waals surface area contributed by atoms with E-state index in [4.69, 9.17) is 0 Å². The third-order valence-electron chi connectivity index (χ3n) is 4.08. The predicted molar refractivity (Wildman–Crippen MR) is 95.2 cm³/mol. The van der Waals surface area contributed by atoms with Crippen molar-refractivity contribution in [2.45, 2.75) is 17.9 Å². The maximum atomic E-state index is 13.2. The number of hydrogen-bond donors (Lipinski definition) is 2. The molecule has 3 aromatic carbocycles. The molecule has 6 heteroatoms. The van der Waals surface area contributed by atoms with Crippen LogP contribution in [0.1, 0.15) is 17.2 Å². The van der Waals surface area contributed by atoms with Gasteiger partial charge in [-0.1, -0.05) is 42.5 Å². The number of sulfonamides is 1. The van der Waals surface area contributed by atoms with Crippen molar-refractivity contribution in [2.24, 2.45) is 0 Å². The fraction of sp³-hybridized carbons (Fsp3) is 0.158. The molecule has 0 aliphatic rings. The molecule has 25 heavy (non-hydrogen) atoms. The SMILES string of the molecule is Cc1cc(F)ccc1S(=O)(=O)NC[C@@H](O)c1cccc2ccccc12. The van der Waals surface area contributed by atoms with E-state index >= 15 is 0 Å². The Hall–Kier alpha value is -2.28. The standard InChI is InChI=1S/C19H18FNO3S/c1-13-11-15(20)9-10-19(13)25(23,24)21-12-18(22)17-8-4-6-14-5-2-3-7-16(14)17/h2-11,18,21-22H,12H2,1H3/t18-/m1/s1. The van der Waals surface area contributed by atoms with Gasteiger partial charge in [-0.3, -0.25) is 0 Å². The summed E-state index contributed by atoms with van der Waals surface area (Å²) in [6.07, 6.45) is -0.998. The molecular formula is C19H18FNO3S. The van der Waals surface area contributed by atoms with Gasteiger partial charge in [0.25, 0.3) is 0 Å². The van der Waals surface area contributed by atoms with Gasteiger partial charge in [0.1, 0.15) is 5.82 Å². The number of benzene rings is 3. The molecule has 3 aromatic rings. The molecule has 0 aliphatic carbocycles. The van der Waals surface area contributed by atoms with Crippen molar-refractivity contribution in [1.82, 2.24) is 4.72 Å². The molecule has 0 bridgehead atoms. The summed E-state index contributed by atoms with van der Waals surface area (Å²) in [7, 11) is -3.84. The largest absolute Gasteiger partial charge is 0.387 e. The second-order valence-electron chi connectivity index (χ2n) is 5.85. The Kier molecular flexibility index (Phi) is 4.85. The second-order valence-corrected chi connectivity index (χ2v) is 7.58. The summed E-state index contributed by atoms with van der Waals surface area (Å²) < 4.78 is 40.4. The van der Waals surface area contributed by atoms with Crippen LogP contribution in [-0.4, -0.2) is 20.1 Å². The zero-order chi connectivity index (χ0) is 18.0. The van der Waals surface area contributed by atoms with Crippen LogP contribution >= 0.6 is 0 Å². The van der Waals surface area contributed by atoms with E-state index in [1.54, 1.807) is 6.07 Å². The summed E-state index contributed by atoms with van der Waals surface area (Å²) in [5.74, 6) is -0.493. The molecule has 0 unspecified atom stereocenters. The van der Waals surface area contributed by atoms with E-state index in [0.717, 1.165) is 22.9 Å². The second kappa shape index (κ2) is 6.92. The Morgan fingerprint density at radius 1 is 1.08 bits per heavy atom. The number of aryl methyl sites for hydroxylation is 1. The van der Waals surface area contributed by atoms with Crippen molar-refractivity contribution in [2.75, 3.05) is 6.54 Å². The lowest BCUT2D eigenvalue weighted by atomic mass is 10.0. The summed E-state index contributed by atoms with van der Waals surface area (Å²) in [4.78, 5) is -0.000908. The van der Waals surface area contributed by atoms with Crippen LogP contribution in [0.4, 0.5) is 4.39 Å². The highest BCUT2D eigenvalue weighted by Gasteiger charge is 2.19. The minimum atomic E-state index is -3.84. The molecular weight excluding hydrogens is 341 g/mol. The van der Waals surface area contributed by atoms with Crippen LogP contribution in [0.2, 0.25) is 0 Å². The summed E-state index contributed by atoms with van der Waals surface area (Å²) in [6.45, 7) is 1.35. The van der Waals surface area contributed by atoms with Crippen LogP contribution in [0.15, 0.2) is 65.6 Å². The zero-order valence-electron chi connectivity index (χ0n) is 13.6. The Bertz CT molecular complexity index is 1010. The normalized spacial score (nSPS) is 13.1. The van der Waals surface area contributed by atoms with Gasteiger partial charge in [-0.15, -0.1) is 0 Å². The highest BCUT2D eigenvalue weighted by Crippen LogP contribution is 2.24. The number of hydrogen-bond acceptors (Lipinski definition) is 3. The van der Waals surface area contributed by atoms with Crippen LogP contribution in [0.3, 0.4) is 0 Å². The van der Waals surface area contributed by atoms with Crippen molar-refractivity contribution < 1.29 is 17.9 Å². The first-order valence-electron chi connectivity index (χ1n) is 7.80. The van der Waals surface area contributed by atoms with E-state index in [9.17, 15) is 17.9 Å². The Morgan fingerprint density at radius 3 is 2.56 bits per heavy atom. The van der Waals surface area contributed by atoms with Crippen molar-refractivity contribution >= 4 is 20.8 Å². The molecule has 0 fully saturated rings. The Morgan fingerprint density at radius 2 is 1.80 bits per heavy atom. The lowest BCUT2D eigenvalue weighted by Crippen LogP contribution is -2.29. The molecule has 1 atom stereocenters. The molecule has 0 aromatic heterocycles. The van der Waals surface area contributed by atoms with Gasteiger partial charge in [-0.05, 0) is 47.0 Å². The Balaban J connectivity index is 1.82. The summed E-state index contributed by atoms with van der Waals surface area (Å²) in [5.41, 5.74) is 0.962. The van der Waals surface area contributed by atoms with Crippen LogP contribution in [-0.2, 0) is 10.0 Å². The molecule has 0 saturated heterocycles. The molecule has 0 heterocycles. The van der Waals surface area contributed by atoms with Crippen LogP contribution in [0, 0.1) is 12.7 Å². The van der Waals surface area contributed by atoms with Gasteiger partial charge in [0.15, 0.2) is 0 Å². The number of aliphatic hydroxyl groups is 1. The average molecular weight is 359 g/mol. The third kappa shape index (κ3) is 3.71. The summed E-state index contributed by atoms with van der Waals surface area (Å²) in [5, 5.41) is 12.3.